The van der Waals surface area contributed by atoms with Gasteiger partial charge in [0.25, 0.3) is 0 Å². The molecule has 3 aromatic rings. The molecule has 0 bridgehead atoms. The first-order valence-corrected chi connectivity index (χ1v) is 10.1. The maximum atomic E-state index is 6.21. The molecule has 0 atom stereocenters. The van der Waals surface area contributed by atoms with E-state index in [2.05, 4.69) is 53.7 Å². The van der Waals surface area contributed by atoms with E-state index in [9.17, 15) is 0 Å². The van der Waals surface area contributed by atoms with Crippen LogP contribution in [0.25, 0.3) is 20.7 Å². The number of morpholine rings is 1. The summed E-state index contributed by atoms with van der Waals surface area (Å²) in [7, 11) is 0. The number of ether oxygens (including phenoxy) is 1. The smallest absolute Gasteiger partial charge is 0.224 e. The van der Waals surface area contributed by atoms with Crippen LogP contribution in [-0.4, -0.2) is 36.3 Å². The lowest BCUT2D eigenvalue weighted by Crippen LogP contribution is -2.36. The average molecular weight is 414 g/mol. The third-order valence-corrected chi connectivity index (χ3v) is 6.19. The van der Waals surface area contributed by atoms with Crippen LogP contribution in [0.1, 0.15) is 12.5 Å². The van der Waals surface area contributed by atoms with E-state index in [-0.39, 0.29) is 5.28 Å². The Hall–Kier alpha value is -2.49. The summed E-state index contributed by atoms with van der Waals surface area (Å²) in [5.41, 5.74) is 2.07. The Morgan fingerprint density at radius 2 is 1.89 bits per heavy atom. The molecule has 142 valence electrons. The highest BCUT2D eigenvalue weighted by Crippen LogP contribution is 2.40. The highest BCUT2D eigenvalue weighted by molar-refractivity contribution is 7.22. The second-order valence-electron chi connectivity index (χ2n) is 6.72. The van der Waals surface area contributed by atoms with E-state index in [4.69, 9.17) is 16.3 Å². The van der Waals surface area contributed by atoms with Gasteiger partial charge in [0.05, 0.1) is 23.4 Å². The van der Waals surface area contributed by atoms with Crippen LogP contribution in [0.5, 0.6) is 0 Å². The van der Waals surface area contributed by atoms with Crippen LogP contribution in [0.2, 0.25) is 5.28 Å². The second kappa shape index (κ2) is 6.84. The van der Waals surface area contributed by atoms with Gasteiger partial charge in [0.2, 0.25) is 10.9 Å². The Labute approximate surface area is 169 Å². The van der Waals surface area contributed by atoms with Crippen molar-refractivity contribution in [3.63, 3.8) is 0 Å². The number of halogens is 1. The van der Waals surface area contributed by atoms with Crippen LogP contribution < -0.4 is 4.90 Å². The molecule has 0 radical (unpaired) electrons. The number of rotatable bonds is 3. The van der Waals surface area contributed by atoms with Gasteiger partial charge >= 0.3 is 0 Å². The maximum absolute atomic E-state index is 6.21. The monoisotopic (exact) mass is 413 g/mol. The Kier molecular flexibility index (Phi) is 4.30. The maximum Gasteiger partial charge on any atom is 0.224 e. The molecule has 2 aromatic heterocycles. The molecular formula is C18H16ClN7OS. The fourth-order valence-electron chi connectivity index (χ4n) is 3.34. The fraction of sp³-hybridized carbons (Fsp3) is 0.333. The molecular weight excluding hydrogens is 398 g/mol. The zero-order valence-electron chi connectivity index (χ0n) is 15.0. The number of hydrogen-bond acceptors (Lipinski definition) is 9. The van der Waals surface area contributed by atoms with Crippen molar-refractivity contribution >= 4 is 39.0 Å². The Balaban J connectivity index is 1.59. The molecule has 10 heteroatoms. The minimum atomic E-state index is -0.769. The number of hydrogen-bond donors (Lipinski definition) is 0. The summed E-state index contributed by atoms with van der Waals surface area (Å²) in [4.78, 5) is 12.2. The Bertz CT molecular complexity index is 1090. The highest BCUT2D eigenvalue weighted by atomic mass is 35.5. The van der Waals surface area contributed by atoms with Crippen molar-refractivity contribution in [1.82, 2.24) is 9.97 Å². The summed E-state index contributed by atoms with van der Waals surface area (Å²) >= 11 is 7.86. The largest absolute Gasteiger partial charge is 0.378 e. The van der Waals surface area contributed by atoms with Gasteiger partial charge in [-0.3, -0.25) is 0 Å². The van der Waals surface area contributed by atoms with Gasteiger partial charge in [-0.25, -0.2) is 4.98 Å². The van der Waals surface area contributed by atoms with Gasteiger partial charge in [0.15, 0.2) is 5.82 Å². The van der Waals surface area contributed by atoms with E-state index in [0.717, 1.165) is 45.1 Å². The fourth-order valence-corrected chi connectivity index (χ4v) is 4.62. The number of nitrogens with zero attached hydrogens (tertiary/aromatic N) is 7. The lowest BCUT2D eigenvalue weighted by molar-refractivity contribution is 0.122. The summed E-state index contributed by atoms with van der Waals surface area (Å²) in [5.74, 6) is 0.871. The topological polar surface area (TPSA) is 87.7 Å². The molecule has 4 heterocycles. The number of aromatic nitrogens is 2. The molecule has 28 heavy (non-hydrogen) atoms. The first-order chi connectivity index (χ1) is 13.6. The van der Waals surface area contributed by atoms with E-state index < -0.39 is 5.66 Å². The quantitative estimate of drug-likeness (QED) is 0.574. The van der Waals surface area contributed by atoms with Crippen LogP contribution in [-0.2, 0) is 10.4 Å². The highest BCUT2D eigenvalue weighted by Gasteiger charge is 2.29. The Morgan fingerprint density at radius 3 is 2.68 bits per heavy atom. The Morgan fingerprint density at radius 1 is 1.11 bits per heavy atom. The second-order valence-corrected chi connectivity index (χ2v) is 8.11. The average Bonchev–Trinajstić information content (AvgIpc) is 3.35. The number of anilines is 1. The van der Waals surface area contributed by atoms with Crippen LogP contribution in [0.3, 0.4) is 0 Å². The SMILES string of the molecule is CC1(c2cccc(-c3cc4nc(Cl)nc(N5CCOCC5)c4s3)c2)N=NN=N1. The van der Waals surface area contributed by atoms with E-state index in [1.54, 1.807) is 11.3 Å². The third-order valence-electron chi connectivity index (χ3n) is 4.85. The number of fused-ring (bicyclic) bond motifs is 1. The first kappa shape index (κ1) is 17.6. The van der Waals surface area contributed by atoms with Crippen LogP contribution in [0.15, 0.2) is 51.0 Å². The minimum Gasteiger partial charge on any atom is -0.378 e. The molecule has 1 saturated heterocycles. The van der Waals surface area contributed by atoms with Gasteiger partial charge < -0.3 is 9.64 Å². The molecule has 0 aliphatic carbocycles. The zero-order valence-corrected chi connectivity index (χ0v) is 16.6. The molecule has 1 aromatic carbocycles. The van der Waals surface area contributed by atoms with Crippen molar-refractivity contribution in [1.29, 1.82) is 0 Å². The van der Waals surface area contributed by atoms with Crippen molar-refractivity contribution in [2.45, 2.75) is 12.6 Å². The zero-order chi connectivity index (χ0) is 19.1. The standard InChI is InChI=1S/C18H16ClN7OS/c1-18(22-24-25-23-18)12-4-2-3-11(9-12)14-10-13-15(28-14)16(21-17(19)20-13)26-5-7-27-8-6-26/h2-4,9-10H,5-8H2,1H3. The number of benzene rings is 1. The molecule has 0 saturated carbocycles. The van der Waals surface area contributed by atoms with Crippen molar-refractivity contribution in [3.8, 4) is 10.4 Å². The first-order valence-electron chi connectivity index (χ1n) is 8.87. The van der Waals surface area contributed by atoms with Crippen LogP contribution in [0.4, 0.5) is 5.82 Å². The van der Waals surface area contributed by atoms with Crippen molar-refractivity contribution in [2.75, 3.05) is 31.2 Å². The molecule has 8 nitrogen and oxygen atoms in total. The van der Waals surface area contributed by atoms with E-state index in [1.165, 1.54) is 0 Å². The molecule has 0 amide bonds. The predicted molar refractivity (Wildman–Crippen MR) is 108 cm³/mol. The van der Waals surface area contributed by atoms with Gasteiger partial charge in [-0.1, -0.05) is 18.2 Å². The van der Waals surface area contributed by atoms with Gasteiger partial charge in [0, 0.05) is 23.5 Å². The molecule has 0 spiro atoms. The third kappa shape index (κ3) is 3.05. The van der Waals surface area contributed by atoms with E-state index >= 15 is 0 Å². The van der Waals surface area contributed by atoms with Crippen LogP contribution in [0, 0.1) is 0 Å². The van der Waals surface area contributed by atoms with Gasteiger partial charge in [-0.2, -0.15) is 4.98 Å². The summed E-state index contributed by atoms with van der Waals surface area (Å²) in [6, 6.07) is 10.2. The number of thiophene rings is 1. The normalized spacial score (nSPS) is 18.3. The van der Waals surface area contributed by atoms with E-state index in [1.807, 2.05) is 19.1 Å². The van der Waals surface area contributed by atoms with E-state index in [0.29, 0.717) is 13.2 Å². The van der Waals surface area contributed by atoms with Gasteiger partial charge in [-0.15, -0.1) is 21.6 Å². The summed E-state index contributed by atoms with van der Waals surface area (Å²) in [5, 5.41) is 15.9. The molecule has 2 aliphatic heterocycles. The molecule has 5 rings (SSSR count). The summed E-state index contributed by atoms with van der Waals surface area (Å²) in [6.07, 6.45) is 0. The van der Waals surface area contributed by atoms with Gasteiger partial charge in [-0.05, 0) is 46.7 Å². The minimum absolute atomic E-state index is 0.256. The molecule has 2 aliphatic rings. The molecule has 1 fully saturated rings. The summed E-state index contributed by atoms with van der Waals surface area (Å²) < 4.78 is 6.49. The van der Waals surface area contributed by atoms with Crippen molar-refractivity contribution < 1.29 is 4.74 Å². The predicted octanol–water partition coefficient (Wildman–Crippen LogP) is 4.85. The molecule has 0 unspecified atom stereocenters. The van der Waals surface area contributed by atoms with Gasteiger partial charge in [0.1, 0.15) is 0 Å². The van der Waals surface area contributed by atoms with Crippen molar-refractivity contribution in [2.24, 2.45) is 20.7 Å². The lowest BCUT2D eigenvalue weighted by Gasteiger charge is -2.28. The lowest BCUT2D eigenvalue weighted by atomic mass is 10.00. The van der Waals surface area contributed by atoms with Crippen LogP contribution >= 0.6 is 22.9 Å². The van der Waals surface area contributed by atoms with Crippen molar-refractivity contribution in [3.05, 3.63) is 41.2 Å². The molecule has 0 N–H and O–H groups in total. The summed E-state index contributed by atoms with van der Waals surface area (Å²) in [6.45, 7) is 4.84.